The van der Waals surface area contributed by atoms with Crippen LogP contribution in [0, 0.1) is 5.92 Å². The van der Waals surface area contributed by atoms with E-state index in [1.54, 1.807) is 6.07 Å². The van der Waals surface area contributed by atoms with E-state index in [4.69, 9.17) is 19.2 Å². The lowest BCUT2D eigenvalue weighted by molar-refractivity contribution is -0.139. The van der Waals surface area contributed by atoms with E-state index in [1.165, 1.54) is 0 Å². The molecule has 0 bridgehead atoms. The fourth-order valence-corrected chi connectivity index (χ4v) is 4.72. The number of nitrogens with zero attached hydrogens (tertiary/aromatic N) is 2. The lowest BCUT2D eigenvalue weighted by Gasteiger charge is -2.16. The molecule has 1 amide bonds. The molecule has 7 nitrogen and oxygen atoms in total. The van der Waals surface area contributed by atoms with Gasteiger partial charge >= 0.3 is 5.97 Å². The van der Waals surface area contributed by atoms with Gasteiger partial charge in [-0.05, 0) is 36.5 Å². The molecule has 0 spiro atoms. The number of amides is 1. The molecule has 188 valence electrons. The number of carboxylic acids is 1. The Morgan fingerprint density at radius 2 is 1.70 bits per heavy atom. The van der Waals surface area contributed by atoms with Crippen LogP contribution in [0.2, 0.25) is 0 Å². The van der Waals surface area contributed by atoms with Crippen LogP contribution in [0.4, 0.5) is 0 Å². The van der Waals surface area contributed by atoms with Crippen molar-refractivity contribution in [2.45, 2.75) is 19.3 Å². The van der Waals surface area contributed by atoms with Gasteiger partial charge in [0.25, 0.3) is 0 Å². The van der Waals surface area contributed by atoms with Crippen molar-refractivity contribution in [2.75, 3.05) is 19.7 Å². The van der Waals surface area contributed by atoms with Crippen LogP contribution in [-0.2, 0) is 22.4 Å². The summed E-state index contributed by atoms with van der Waals surface area (Å²) in [6, 6.07) is 27.2. The van der Waals surface area contributed by atoms with E-state index >= 15 is 0 Å². The van der Waals surface area contributed by atoms with Crippen LogP contribution in [-0.4, -0.2) is 46.6 Å². The summed E-state index contributed by atoms with van der Waals surface area (Å²) in [7, 11) is 0. The highest BCUT2D eigenvalue weighted by Gasteiger charge is 2.28. The lowest BCUT2D eigenvalue weighted by Crippen LogP contribution is -2.30. The van der Waals surface area contributed by atoms with Gasteiger partial charge in [0.05, 0.1) is 0 Å². The molecule has 3 aromatic carbocycles. The molecule has 0 radical (unpaired) electrons. The second kappa shape index (κ2) is 11.1. The minimum absolute atomic E-state index is 0.00140. The number of likely N-dealkylation sites (tertiary alicyclic amines) is 1. The summed E-state index contributed by atoms with van der Waals surface area (Å²) in [5.74, 6) is 0.934. The van der Waals surface area contributed by atoms with Crippen LogP contribution >= 0.6 is 0 Å². The van der Waals surface area contributed by atoms with Crippen LogP contribution in [0.3, 0.4) is 0 Å². The highest BCUT2D eigenvalue weighted by molar-refractivity contribution is 5.80. The largest absolute Gasteiger partial charge is 0.482 e. The molecular formula is C30H28N2O5. The van der Waals surface area contributed by atoms with Gasteiger partial charge in [-0.25, -0.2) is 9.78 Å². The number of carbonyl (C=O) groups is 2. The first-order valence-electron chi connectivity index (χ1n) is 12.4. The highest BCUT2D eigenvalue weighted by Crippen LogP contribution is 2.33. The third-order valence-electron chi connectivity index (χ3n) is 6.48. The number of carbonyl (C=O) groups excluding carboxylic acids is 1. The zero-order valence-electron chi connectivity index (χ0n) is 20.4. The van der Waals surface area contributed by atoms with Gasteiger partial charge in [0.15, 0.2) is 12.4 Å². The first kappa shape index (κ1) is 24.3. The predicted molar refractivity (Wildman–Crippen MR) is 139 cm³/mol. The average molecular weight is 497 g/mol. The van der Waals surface area contributed by atoms with E-state index in [2.05, 4.69) is 0 Å². The number of hydrogen-bond donors (Lipinski definition) is 1. The van der Waals surface area contributed by atoms with Crippen molar-refractivity contribution in [2.24, 2.45) is 5.92 Å². The maximum absolute atomic E-state index is 13.2. The topological polar surface area (TPSA) is 92.9 Å². The molecule has 37 heavy (non-hydrogen) atoms. The van der Waals surface area contributed by atoms with Crippen molar-refractivity contribution in [3.8, 4) is 28.3 Å². The number of aliphatic carboxylic acids is 1. The quantitative estimate of drug-likeness (QED) is 0.346. The van der Waals surface area contributed by atoms with Gasteiger partial charge in [0.1, 0.15) is 17.9 Å². The molecule has 0 aliphatic carbocycles. The van der Waals surface area contributed by atoms with E-state index in [0.29, 0.717) is 36.4 Å². The summed E-state index contributed by atoms with van der Waals surface area (Å²) in [4.78, 5) is 30.5. The summed E-state index contributed by atoms with van der Waals surface area (Å²) in [6.45, 7) is 0.987. The smallest absolute Gasteiger partial charge is 0.341 e. The number of carboxylic acid groups (broad SMARTS) is 1. The van der Waals surface area contributed by atoms with Crippen molar-refractivity contribution < 1.29 is 23.8 Å². The van der Waals surface area contributed by atoms with Crippen molar-refractivity contribution >= 4 is 11.9 Å². The third kappa shape index (κ3) is 6.06. The Morgan fingerprint density at radius 3 is 2.43 bits per heavy atom. The first-order valence-corrected chi connectivity index (χ1v) is 12.4. The summed E-state index contributed by atoms with van der Waals surface area (Å²) in [5.41, 5.74) is 3.66. The minimum Gasteiger partial charge on any atom is -0.482 e. The number of aromatic nitrogens is 1. The molecule has 4 aromatic rings. The Hall–Kier alpha value is -4.39. The zero-order chi connectivity index (χ0) is 25.6. The van der Waals surface area contributed by atoms with Gasteiger partial charge in [-0.3, -0.25) is 4.79 Å². The molecule has 0 saturated carbocycles. The lowest BCUT2D eigenvalue weighted by atomic mass is 9.98. The Bertz CT molecular complexity index is 1310. The molecule has 5 rings (SSSR count). The summed E-state index contributed by atoms with van der Waals surface area (Å²) in [6.07, 6.45) is 1.81. The highest BCUT2D eigenvalue weighted by atomic mass is 16.5. The standard InChI is InChI=1S/C30H28N2O5/c33-27(32-15-14-22(19-32)16-21-8-7-13-25(17-21)36-20-28(34)35)18-26-31-29(23-9-3-1-4-10-23)30(37-26)24-11-5-2-6-12-24/h1-13,17,22H,14-16,18-20H2,(H,34,35). The SMILES string of the molecule is O=C(O)COc1cccc(CC2CCN(C(=O)Cc3nc(-c4ccccc4)c(-c4ccccc4)o3)C2)c1. The number of benzene rings is 3. The fraction of sp³-hybridized carbons (Fsp3) is 0.233. The van der Waals surface area contributed by atoms with Gasteiger partial charge in [0.2, 0.25) is 11.8 Å². The number of ether oxygens (including phenoxy) is 1. The molecular weight excluding hydrogens is 468 g/mol. The third-order valence-corrected chi connectivity index (χ3v) is 6.48. The molecule has 1 saturated heterocycles. The second-order valence-electron chi connectivity index (χ2n) is 9.22. The number of rotatable bonds is 9. The van der Waals surface area contributed by atoms with E-state index in [-0.39, 0.29) is 18.9 Å². The van der Waals surface area contributed by atoms with E-state index < -0.39 is 5.97 Å². The average Bonchev–Trinajstić information content (AvgIpc) is 3.56. The van der Waals surface area contributed by atoms with Crippen LogP contribution < -0.4 is 4.74 Å². The summed E-state index contributed by atoms with van der Waals surface area (Å²) in [5, 5.41) is 8.82. The van der Waals surface area contributed by atoms with Gasteiger partial charge in [-0.2, -0.15) is 0 Å². The van der Waals surface area contributed by atoms with Gasteiger partial charge in [-0.1, -0.05) is 72.8 Å². The van der Waals surface area contributed by atoms with Crippen molar-refractivity contribution in [3.05, 3.63) is 96.4 Å². The van der Waals surface area contributed by atoms with Crippen molar-refractivity contribution in [1.82, 2.24) is 9.88 Å². The molecule has 1 aliphatic rings. The molecule has 1 fully saturated rings. The molecule has 1 atom stereocenters. The predicted octanol–water partition coefficient (Wildman–Crippen LogP) is 5.11. The second-order valence-corrected chi connectivity index (χ2v) is 9.22. The molecule has 1 unspecified atom stereocenters. The Balaban J connectivity index is 1.25. The van der Waals surface area contributed by atoms with E-state index in [0.717, 1.165) is 35.2 Å². The Kier molecular flexibility index (Phi) is 7.31. The van der Waals surface area contributed by atoms with Crippen molar-refractivity contribution in [3.63, 3.8) is 0 Å². The normalized spacial score (nSPS) is 15.0. The Labute approximate surface area is 215 Å². The van der Waals surface area contributed by atoms with Gasteiger partial charge < -0.3 is 19.2 Å². The first-order chi connectivity index (χ1) is 18.0. The van der Waals surface area contributed by atoms with Crippen LogP contribution in [0.25, 0.3) is 22.6 Å². The molecule has 1 N–H and O–H groups in total. The van der Waals surface area contributed by atoms with Gasteiger partial charge in [0, 0.05) is 24.2 Å². The van der Waals surface area contributed by atoms with Crippen molar-refractivity contribution in [1.29, 1.82) is 0 Å². The minimum atomic E-state index is -1.01. The fourth-order valence-electron chi connectivity index (χ4n) is 4.72. The maximum Gasteiger partial charge on any atom is 0.341 e. The summed E-state index contributed by atoms with van der Waals surface area (Å²) < 4.78 is 11.4. The van der Waals surface area contributed by atoms with Crippen LogP contribution in [0.1, 0.15) is 17.9 Å². The molecule has 7 heteroatoms. The molecule has 2 heterocycles. The van der Waals surface area contributed by atoms with Crippen LogP contribution in [0.5, 0.6) is 5.75 Å². The zero-order valence-corrected chi connectivity index (χ0v) is 20.4. The number of oxazole rings is 1. The maximum atomic E-state index is 13.2. The van der Waals surface area contributed by atoms with Crippen LogP contribution in [0.15, 0.2) is 89.3 Å². The van der Waals surface area contributed by atoms with E-state index in [9.17, 15) is 9.59 Å². The summed E-state index contributed by atoms with van der Waals surface area (Å²) >= 11 is 0. The van der Waals surface area contributed by atoms with E-state index in [1.807, 2.05) is 83.8 Å². The van der Waals surface area contributed by atoms with Gasteiger partial charge in [-0.15, -0.1) is 0 Å². The molecule has 1 aromatic heterocycles. The number of hydrogen-bond acceptors (Lipinski definition) is 5. The monoisotopic (exact) mass is 496 g/mol. The molecule has 1 aliphatic heterocycles. The Morgan fingerprint density at radius 1 is 0.973 bits per heavy atom.